The van der Waals surface area contributed by atoms with Gasteiger partial charge in [-0.25, -0.2) is 0 Å². The molecular formula is C42H81N5O8. The molecular weight excluding hydrogens is 702 g/mol. The maximum atomic E-state index is 12.4. The molecule has 1 aromatic carbocycles. The molecule has 1 heterocycles. The van der Waals surface area contributed by atoms with Crippen LogP contribution < -0.4 is 16.0 Å². The van der Waals surface area contributed by atoms with Gasteiger partial charge < -0.3 is 35.8 Å². The molecule has 0 aromatic heterocycles. The van der Waals surface area contributed by atoms with Crippen molar-refractivity contribution in [3.05, 3.63) is 35.9 Å². The molecule has 1 aliphatic heterocycles. The minimum atomic E-state index is -1.08. The van der Waals surface area contributed by atoms with Gasteiger partial charge in [0.1, 0.15) is 12.6 Å². The van der Waals surface area contributed by atoms with Crippen LogP contribution in [0.25, 0.3) is 0 Å². The van der Waals surface area contributed by atoms with Crippen LogP contribution >= 0.6 is 0 Å². The first-order valence-electron chi connectivity index (χ1n) is 20.1. The maximum Gasteiger partial charge on any atom is 0.322 e. The molecule has 0 spiro atoms. The van der Waals surface area contributed by atoms with E-state index in [0.717, 1.165) is 45.6 Å². The van der Waals surface area contributed by atoms with E-state index in [1.807, 2.05) is 76.6 Å². The fraction of sp³-hybridized carbons (Fsp3) is 0.738. The summed E-state index contributed by atoms with van der Waals surface area (Å²) in [4.78, 5) is 61.9. The number of aryl methyl sites for hydroxylation is 1. The average molecular weight is 784 g/mol. The van der Waals surface area contributed by atoms with Crippen molar-refractivity contribution in [1.29, 1.82) is 0 Å². The summed E-state index contributed by atoms with van der Waals surface area (Å²) in [7, 11) is 5.98. The summed E-state index contributed by atoms with van der Waals surface area (Å²) >= 11 is 0. The van der Waals surface area contributed by atoms with Crippen molar-refractivity contribution in [2.45, 2.75) is 151 Å². The number of hydrogen-bond donors (Lipinski definition) is 5. The molecule has 2 rings (SSSR count). The highest BCUT2D eigenvalue weighted by Crippen LogP contribution is 2.25. The van der Waals surface area contributed by atoms with Gasteiger partial charge in [-0.3, -0.25) is 28.9 Å². The molecule has 4 amide bonds. The van der Waals surface area contributed by atoms with Gasteiger partial charge in [0.25, 0.3) is 0 Å². The van der Waals surface area contributed by atoms with Crippen molar-refractivity contribution < 1.29 is 38.9 Å². The third-order valence-corrected chi connectivity index (χ3v) is 8.15. The molecule has 5 N–H and O–H groups in total. The van der Waals surface area contributed by atoms with E-state index >= 15 is 0 Å². The standard InChI is InChI=1S/C17H30N2O5.C12H25N3O2.C7H8.C3H8.C2H6.CH4O/c1-3-4-5-6-9-16(21)19-10-7-8-13(19)14(24-2)11-15(20)18-12-17(22)23;1-8(2)11(12(17)13-5)14-10(16)7-15(6)9(3)4;1-7-5-3-2-4-6-7;1-3-2;2*1-2/h13-14H,3-12H2,1-2H3,(H,18,20)(H,22,23);8-9,11H,7H2,1-6H3,(H,13,17)(H,14,16);2-6H,1H3;3H2,1-2H3;1-2H3;2H,1H3. The number of methoxy groups -OCH3 is 1. The van der Waals surface area contributed by atoms with E-state index in [1.54, 1.807) is 7.05 Å². The van der Waals surface area contributed by atoms with Gasteiger partial charge in [-0.1, -0.05) is 110 Å². The number of ether oxygens (including phenoxy) is 1. The summed E-state index contributed by atoms with van der Waals surface area (Å²) in [5, 5.41) is 23.3. The Kier molecular flexibility index (Phi) is 40.9. The highest BCUT2D eigenvalue weighted by molar-refractivity contribution is 5.88. The SMILES string of the molecule is CC.CCC.CCCCCCC(=O)N1CCCC1C(CC(=O)NCC(=O)O)OC.CNC(=O)C(NC(=O)CN(C)C(C)C)C(C)C.CO.Cc1ccccc1. The van der Waals surface area contributed by atoms with Crippen molar-refractivity contribution in [1.82, 2.24) is 25.8 Å². The molecule has 55 heavy (non-hydrogen) atoms. The lowest BCUT2D eigenvalue weighted by molar-refractivity contribution is -0.139. The lowest BCUT2D eigenvalue weighted by Crippen LogP contribution is -2.51. The van der Waals surface area contributed by atoms with Crippen LogP contribution in [0.15, 0.2) is 30.3 Å². The first kappa shape index (κ1) is 58.2. The lowest BCUT2D eigenvalue weighted by atomic mass is 10.0. The number of benzene rings is 1. The van der Waals surface area contributed by atoms with Crippen LogP contribution in [0.1, 0.15) is 126 Å². The van der Waals surface area contributed by atoms with E-state index < -0.39 is 24.7 Å². The number of aliphatic carboxylic acids is 1. The average Bonchev–Trinajstić information content (AvgIpc) is 3.66. The number of hydrogen-bond acceptors (Lipinski definition) is 8. The molecule has 1 saturated heterocycles. The zero-order chi connectivity index (χ0) is 43.4. The van der Waals surface area contributed by atoms with Crippen LogP contribution in [-0.2, 0) is 28.7 Å². The number of rotatable bonds is 17. The number of likely N-dealkylation sites (N-methyl/N-ethyl adjacent to an activating group) is 2. The molecule has 0 radical (unpaired) electrons. The van der Waals surface area contributed by atoms with Crippen molar-refractivity contribution in [3.8, 4) is 0 Å². The van der Waals surface area contributed by atoms with Gasteiger partial charge in [0.2, 0.25) is 23.6 Å². The van der Waals surface area contributed by atoms with E-state index in [-0.39, 0.29) is 42.0 Å². The Labute approximate surface area is 334 Å². The van der Waals surface area contributed by atoms with Crippen LogP contribution in [0.4, 0.5) is 0 Å². The Morgan fingerprint density at radius 1 is 0.945 bits per heavy atom. The fourth-order valence-electron chi connectivity index (χ4n) is 4.99. The number of aliphatic hydroxyl groups excluding tert-OH is 1. The van der Waals surface area contributed by atoms with Gasteiger partial charge in [0, 0.05) is 40.3 Å². The quantitative estimate of drug-likeness (QED) is 0.122. The van der Waals surface area contributed by atoms with Gasteiger partial charge in [-0.2, -0.15) is 0 Å². The third kappa shape index (κ3) is 31.4. The zero-order valence-electron chi connectivity index (χ0n) is 37.0. The third-order valence-electron chi connectivity index (χ3n) is 8.15. The first-order valence-corrected chi connectivity index (χ1v) is 20.1. The molecule has 13 heteroatoms. The molecule has 3 atom stereocenters. The monoisotopic (exact) mass is 784 g/mol. The molecule has 0 aliphatic carbocycles. The largest absolute Gasteiger partial charge is 0.480 e. The number of unbranched alkanes of at least 4 members (excludes halogenated alkanes) is 3. The maximum absolute atomic E-state index is 12.4. The Morgan fingerprint density at radius 3 is 1.93 bits per heavy atom. The number of likely N-dealkylation sites (tertiary alicyclic amines) is 1. The van der Waals surface area contributed by atoms with Crippen LogP contribution in [0.3, 0.4) is 0 Å². The topological polar surface area (TPSA) is 178 Å². The summed E-state index contributed by atoms with van der Waals surface area (Å²) < 4.78 is 5.43. The van der Waals surface area contributed by atoms with Crippen LogP contribution in [0.2, 0.25) is 0 Å². The number of amides is 4. The van der Waals surface area contributed by atoms with Crippen LogP contribution in [0.5, 0.6) is 0 Å². The van der Waals surface area contributed by atoms with Gasteiger partial charge in [-0.05, 0) is 53.0 Å². The molecule has 0 saturated carbocycles. The highest BCUT2D eigenvalue weighted by atomic mass is 16.5. The molecule has 1 aliphatic rings. The summed E-state index contributed by atoms with van der Waals surface area (Å²) in [5.74, 6) is -1.53. The van der Waals surface area contributed by atoms with Gasteiger partial charge in [0.05, 0.1) is 25.1 Å². The molecule has 13 nitrogen and oxygen atoms in total. The van der Waals surface area contributed by atoms with E-state index in [2.05, 4.69) is 55.8 Å². The zero-order valence-corrected chi connectivity index (χ0v) is 37.0. The smallest absolute Gasteiger partial charge is 0.322 e. The normalized spacial score (nSPS) is 13.7. The van der Waals surface area contributed by atoms with Gasteiger partial charge >= 0.3 is 5.97 Å². The van der Waals surface area contributed by atoms with E-state index in [1.165, 1.54) is 19.1 Å². The lowest BCUT2D eigenvalue weighted by Gasteiger charge is -2.30. The fourth-order valence-corrected chi connectivity index (χ4v) is 4.99. The number of carboxylic acids is 1. The second-order valence-electron chi connectivity index (χ2n) is 13.5. The molecule has 1 aromatic rings. The van der Waals surface area contributed by atoms with Crippen molar-refractivity contribution in [2.24, 2.45) is 5.92 Å². The Hall–Kier alpha value is -3.55. The van der Waals surface area contributed by atoms with E-state index in [0.29, 0.717) is 25.6 Å². The van der Waals surface area contributed by atoms with Crippen molar-refractivity contribution in [2.75, 3.05) is 47.9 Å². The number of carbonyl (C=O) groups excluding carboxylic acids is 4. The number of nitrogens with zero attached hydrogens (tertiary/aromatic N) is 2. The van der Waals surface area contributed by atoms with Gasteiger partial charge in [0.15, 0.2) is 0 Å². The summed E-state index contributed by atoms with van der Waals surface area (Å²) in [6.45, 7) is 20.9. The minimum Gasteiger partial charge on any atom is -0.480 e. The summed E-state index contributed by atoms with van der Waals surface area (Å²) in [5.41, 5.74) is 1.32. The van der Waals surface area contributed by atoms with E-state index in [4.69, 9.17) is 14.9 Å². The molecule has 1 fully saturated rings. The second kappa shape index (κ2) is 38.7. The van der Waals surface area contributed by atoms with Crippen LogP contribution in [-0.4, -0.2) is 122 Å². The Morgan fingerprint density at radius 2 is 1.51 bits per heavy atom. The minimum absolute atomic E-state index is 0.0636. The first-order chi connectivity index (χ1) is 26.1. The number of carbonyl (C=O) groups is 5. The summed E-state index contributed by atoms with van der Waals surface area (Å²) in [6.07, 6.45) is 7.40. The number of carboxylic acid groups (broad SMARTS) is 1. The molecule has 0 bridgehead atoms. The van der Waals surface area contributed by atoms with Gasteiger partial charge in [-0.15, -0.1) is 0 Å². The predicted octanol–water partition coefficient (Wildman–Crippen LogP) is 5.81. The molecule has 322 valence electrons. The van der Waals surface area contributed by atoms with Crippen molar-refractivity contribution >= 4 is 29.6 Å². The Bertz CT molecular complexity index is 1100. The predicted molar refractivity (Wildman–Crippen MR) is 225 cm³/mol. The molecule has 3 unspecified atom stereocenters. The Balaban J connectivity index is -0.000000361. The number of aliphatic hydroxyl groups is 1. The number of nitrogens with one attached hydrogen (secondary N) is 3. The van der Waals surface area contributed by atoms with E-state index in [9.17, 15) is 24.0 Å². The van der Waals surface area contributed by atoms with Crippen molar-refractivity contribution in [3.63, 3.8) is 0 Å². The second-order valence-corrected chi connectivity index (χ2v) is 13.5. The summed E-state index contributed by atoms with van der Waals surface area (Å²) in [6, 6.07) is 9.99. The highest BCUT2D eigenvalue weighted by Gasteiger charge is 2.35. The van der Waals surface area contributed by atoms with Crippen LogP contribution in [0, 0.1) is 12.8 Å².